The molecule has 0 radical (unpaired) electrons. The minimum Gasteiger partial charge on any atom is -0.310 e. The molecule has 3 nitrogen and oxygen atoms in total. The fraction of sp³-hybridized carbons (Fsp3) is 0.130. The third kappa shape index (κ3) is 3.83. The van der Waals surface area contributed by atoms with Gasteiger partial charge in [0.1, 0.15) is 0 Å². The molecule has 3 aliphatic heterocycles. The molecular formula is C46H36N2OS. The molecule has 0 bridgehead atoms. The molecule has 50 heavy (non-hydrogen) atoms. The second-order valence-electron chi connectivity index (χ2n) is 14.8. The van der Waals surface area contributed by atoms with E-state index in [2.05, 4.69) is 183 Å². The minimum atomic E-state index is -1.32. The van der Waals surface area contributed by atoms with Gasteiger partial charge >= 0.3 is 0 Å². The van der Waals surface area contributed by atoms with Gasteiger partial charge in [0, 0.05) is 38.4 Å². The molecule has 4 heteroatoms. The largest absolute Gasteiger partial charge is 0.310 e. The number of fused-ring (bicyclic) bond motifs is 9. The van der Waals surface area contributed by atoms with Crippen molar-refractivity contribution in [1.29, 1.82) is 0 Å². The van der Waals surface area contributed by atoms with Crippen LogP contribution in [0.1, 0.15) is 49.9 Å². The van der Waals surface area contributed by atoms with Crippen LogP contribution in [0.2, 0.25) is 0 Å². The summed E-state index contributed by atoms with van der Waals surface area (Å²) < 4.78 is 14.5. The van der Waals surface area contributed by atoms with E-state index in [-0.39, 0.29) is 10.8 Å². The topological polar surface area (TPSA) is 23.6 Å². The Labute approximate surface area is 295 Å². The summed E-state index contributed by atoms with van der Waals surface area (Å²) in [7, 11) is -1.32. The first-order valence-corrected chi connectivity index (χ1v) is 18.5. The molecule has 242 valence electrons. The standard InChI is InChI=1S/C46H36N2OS/c1-45(2)34-17-7-11-21-38(34)47(39-22-12-8-18-35(39)45)29-25-26-43-32(27-29)33-28-42(30-15-5-6-16-31(30)44(33)50(43)49)48-40-23-13-9-19-36(40)46(3,4)37-20-10-14-24-41(37)48/h5-28H,1-4H3. The van der Waals surface area contributed by atoms with E-state index in [1.807, 2.05) is 0 Å². The van der Waals surface area contributed by atoms with E-state index in [4.69, 9.17) is 0 Å². The van der Waals surface area contributed by atoms with Crippen LogP contribution in [-0.4, -0.2) is 4.21 Å². The second-order valence-corrected chi connectivity index (χ2v) is 16.1. The molecule has 10 rings (SSSR count). The summed E-state index contributed by atoms with van der Waals surface area (Å²) >= 11 is 0. The number of hydrogen-bond donors (Lipinski definition) is 0. The predicted molar refractivity (Wildman–Crippen MR) is 208 cm³/mol. The lowest BCUT2D eigenvalue weighted by Crippen LogP contribution is -2.30. The van der Waals surface area contributed by atoms with Gasteiger partial charge in [-0.3, -0.25) is 0 Å². The molecule has 0 spiro atoms. The number of benzene rings is 7. The first-order chi connectivity index (χ1) is 24.3. The van der Waals surface area contributed by atoms with Crippen LogP contribution in [0.15, 0.2) is 155 Å². The molecule has 0 saturated heterocycles. The van der Waals surface area contributed by atoms with Crippen LogP contribution in [0, 0.1) is 0 Å². The van der Waals surface area contributed by atoms with Gasteiger partial charge in [0.25, 0.3) is 0 Å². The van der Waals surface area contributed by atoms with Gasteiger partial charge in [0.05, 0.1) is 49.0 Å². The molecule has 0 saturated carbocycles. The monoisotopic (exact) mass is 664 g/mol. The average molecular weight is 665 g/mol. The maximum Gasteiger partial charge on any atom is 0.0868 e. The van der Waals surface area contributed by atoms with Gasteiger partial charge in [0.15, 0.2) is 0 Å². The van der Waals surface area contributed by atoms with Crippen LogP contribution in [0.25, 0.3) is 21.9 Å². The van der Waals surface area contributed by atoms with Gasteiger partial charge in [-0.1, -0.05) is 125 Å². The molecule has 0 aromatic heterocycles. The van der Waals surface area contributed by atoms with Crippen molar-refractivity contribution in [2.75, 3.05) is 9.80 Å². The third-order valence-electron chi connectivity index (χ3n) is 11.4. The van der Waals surface area contributed by atoms with Crippen molar-refractivity contribution >= 4 is 55.7 Å². The van der Waals surface area contributed by atoms with E-state index in [9.17, 15) is 4.21 Å². The fourth-order valence-electron chi connectivity index (χ4n) is 8.93. The Bertz CT molecular complexity index is 2500. The molecule has 1 atom stereocenters. The first kappa shape index (κ1) is 29.5. The van der Waals surface area contributed by atoms with Gasteiger partial charge < -0.3 is 9.80 Å². The number of rotatable bonds is 2. The van der Waals surface area contributed by atoms with Crippen LogP contribution < -0.4 is 9.80 Å². The van der Waals surface area contributed by atoms with E-state index in [0.29, 0.717) is 0 Å². The molecule has 3 heterocycles. The van der Waals surface area contributed by atoms with Crippen LogP contribution in [-0.2, 0) is 21.6 Å². The lowest BCUT2D eigenvalue weighted by Gasteiger charge is -2.42. The summed E-state index contributed by atoms with van der Waals surface area (Å²) in [5, 5.41) is 2.13. The van der Waals surface area contributed by atoms with Crippen molar-refractivity contribution in [1.82, 2.24) is 0 Å². The van der Waals surface area contributed by atoms with Crippen LogP contribution in [0.5, 0.6) is 0 Å². The van der Waals surface area contributed by atoms with Crippen LogP contribution in [0.3, 0.4) is 0 Å². The van der Waals surface area contributed by atoms with Crippen molar-refractivity contribution in [3.63, 3.8) is 0 Å². The lowest BCUT2D eigenvalue weighted by atomic mass is 9.73. The van der Waals surface area contributed by atoms with E-state index in [0.717, 1.165) is 43.1 Å². The third-order valence-corrected chi connectivity index (χ3v) is 13.0. The molecule has 7 aromatic rings. The maximum absolute atomic E-state index is 14.5. The van der Waals surface area contributed by atoms with Crippen LogP contribution in [0.4, 0.5) is 34.1 Å². The van der Waals surface area contributed by atoms with Gasteiger partial charge in [0.2, 0.25) is 0 Å². The van der Waals surface area contributed by atoms with E-state index < -0.39 is 10.8 Å². The summed E-state index contributed by atoms with van der Waals surface area (Å²) in [5.41, 5.74) is 13.8. The molecule has 0 amide bonds. The summed E-state index contributed by atoms with van der Waals surface area (Å²) in [6.45, 7) is 9.27. The van der Waals surface area contributed by atoms with Gasteiger partial charge in [-0.15, -0.1) is 0 Å². The minimum absolute atomic E-state index is 0.141. The van der Waals surface area contributed by atoms with Crippen LogP contribution >= 0.6 is 0 Å². The zero-order valence-electron chi connectivity index (χ0n) is 28.6. The summed E-state index contributed by atoms with van der Waals surface area (Å²) in [6, 6.07) is 52.4. The molecule has 0 N–H and O–H groups in total. The Hall–Kier alpha value is -5.45. The number of para-hydroxylation sites is 4. The number of hydrogen-bond acceptors (Lipinski definition) is 3. The average Bonchev–Trinajstić information content (AvgIpc) is 3.42. The second kappa shape index (κ2) is 10.3. The highest BCUT2D eigenvalue weighted by Crippen LogP contribution is 2.57. The highest BCUT2D eigenvalue weighted by molar-refractivity contribution is 7.86. The zero-order valence-corrected chi connectivity index (χ0v) is 29.4. The van der Waals surface area contributed by atoms with E-state index >= 15 is 0 Å². The van der Waals surface area contributed by atoms with Crippen molar-refractivity contribution in [2.24, 2.45) is 0 Å². The molecule has 0 aliphatic carbocycles. The zero-order chi connectivity index (χ0) is 33.9. The summed E-state index contributed by atoms with van der Waals surface area (Å²) in [6.07, 6.45) is 0. The lowest BCUT2D eigenvalue weighted by molar-refractivity contribution is 0.632. The van der Waals surface area contributed by atoms with Crippen molar-refractivity contribution in [3.8, 4) is 11.1 Å². The van der Waals surface area contributed by atoms with Crippen molar-refractivity contribution < 1.29 is 4.21 Å². The Kier molecular flexibility index (Phi) is 6.06. The molecular weight excluding hydrogens is 629 g/mol. The Morgan fingerprint density at radius 2 is 0.880 bits per heavy atom. The Morgan fingerprint density at radius 1 is 0.440 bits per heavy atom. The van der Waals surface area contributed by atoms with Gasteiger partial charge in [-0.25, -0.2) is 4.21 Å². The van der Waals surface area contributed by atoms with Gasteiger partial charge in [-0.2, -0.15) is 0 Å². The Balaban J connectivity index is 1.23. The van der Waals surface area contributed by atoms with Crippen molar-refractivity contribution in [3.05, 3.63) is 168 Å². The molecule has 0 fully saturated rings. The van der Waals surface area contributed by atoms with E-state index in [1.165, 1.54) is 45.0 Å². The predicted octanol–water partition coefficient (Wildman–Crippen LogP) is 12.2. The normalized spacial score (nSPS) is 17.3. The number of anilines is 6. The van der Waals surface area contributed by atoms with E-state index in [1.54, 1.807) is 0 Å². The number of nitrogens with zero attached hydrogens (tertiary/aromatic N) is 2. The Morgan fingerprint density at radius 3 is 1.40 bits per heavy atom. The molecule has 3 aliphatic rings. The highest BCUT2D eigenvalue weighted by Gasteiger charge is 2.40. The quantitative estimate of drug-likeness (QED) is 0.184. The SMILES string of the molecule is CC1(C)c2ccccc2N(c2ccc3c(c2)-c2cc(N4c5ccccc5C(C)(C)c5ccccc54)c4ccccc4c2S3=O)c2ccccc21. The fourth-order valence-corrected chi connectivity index (χ4v) is 10.5. The van der Waals surface area contributed by atoms with Crippen molar-refractivity contribution in [2.45, 2.75) is 48.3 Å². The maximum atomic E-state index is 14.5. The van der Waals surface area contributed by atoms with Gasteiger partial charge in [-0.05, 0) is 70.8 Å². The molecule has 1 unspecified atom stereocenters. The smallest absolute Gasteiger partial charge is 0.0868 e. The summed E-state index contributed by atoms with van der Waals surface area (Å²) in [4.78, 5) is 6.59. The molecule has 7 aromatic carbocycles. The first-order valence-electron chi connectivity index (χ1n) is 17.4. The highest BCUT2D eigenvalue weighted by atomic mass is 32.2. The summed E-state index contributed by atoms with van der Waals surface area (Å²) in [5.74, 6) is 0.